The largest absolute Gasteiger partial charge is 0.493 e. The standard InChI is InChI=1S/C18H17ClN4O4S/c1-27-14-10-21-23(11-14)16-7-6-13(9-17(16)28(20,25)26)22-18(24)8-12-4-2-3-5-15(12)19/h2-7,9-11H,8H2,1H3,(H,22,24)(H2,20,25,26). The molecule has 0 spiro atoms. The molecule has 0 aliphatic heterocycles. The monoisotopic (exact) mass is 420 g/mol. The van der Waals surface area contributed by atoms with Gasteiger partial charge in [0.25, 0.3) is 0 Å². The third-order valence-electron chi connectivity index (χ3n) is 3.90. The number of sulfonamides is 1. The van der Waals surface area contributed by atoms with E-state index in [1.807, 2.05) is 0 Å². The molecule has 0 atom stereocenters. The van der Waals surface area contributed by atoms with Gasteiger partial charge < -0.3 is 10.1 Å². The second-order valence-electron chi connectivity index (χ2n) is 5.87. The molecule has 8 nitrogen and oxygen atoms in total. The highest BCUT2D eigenvalue weighted by molar-refractivity contribution is 7.89. The van der Waals surface area contributed by atoms with Crippen molar-refractivity contribution in [1.82, 2.24) is 9.78 Å². The molecule has 1 aromatic heterocycles. The predicted molar refractivity (Wildman–Crippen MR) is 105 cm³/mol. The number of nitrogens with zero attached hydrogens (tertiary/aromatic N) is 2. The molecule has 2 aromatic carbocycles. The Morgan fingerprint density at radius 1 is 1.29 bits per heavy atom. The number of hydrogen-bond acceptors (Lipinski definition) is 5. The number of hydrogen-bond donors (Lipinski definition) is 2. The fourth-order valence-electron chi connectivity index (χ4n) is 2.57. The van der Waals surface area contributed by atoms with Crippen molar-refractivity contribution in [2.24, 2.45) is 5.14 Å². The third-order valence-corrected chi connectivity index (χ3v) is 5.21. The first kappa shape index (κ1) is 19.9. The van der Waals surface area contributed by atoms with E-state index in [-0.39, 0.29) is 28.6 Å². The molecule has 10 heteroatoms. The van der Waals surface area contributed by atoms with Gasteiger partial charge in [0, 0.05) is 10.7 Å². The Kier molecular flexibility index (Phi) is 5.68. The first-order valence-corrected chi connectivity index (χ1v) is 9.99. The number of ether oxygens (including phenoxy) is 1. The number of halogens is 1. The van der Waals surface area contributed by atoms with Crippen LogP contribution in [0.15, 0.2) is 59.8 Å². The van der Waals surface area contributed by atoms with Crippen LogP contribution < -0.4 is 15.2 Å². The maximum atomic E-state index is 12.3. The lowest BCUT2D eigenvalue weighted by Gasteiger charge is -2.12. The number of nitrogens with two attached hydrogens (primary N) is 1. The molecule has 3 aromatic rings. The van der Waals surface area contributed by atoms with Crippen molar-refractivity contribution in [3.05, 3.63) is 65.4 Å². The predicted octanol–water partition coefficient (Wildman–Crippen LogP) is 2.36. The number of anilines is 1. The zero-order valence-corrected chi connectivity index (χ0v) is 16.4. The second-order valence-corrected chi connectivity index (χ2v) is 7.81. The SMILES string of the molecule is COc1cnn(-c2ccc(NC(=O)Cc3ccccc3Cl)cc2S(N)(=O)=O)c1. The molecule has 0 saturated carbocycles. The van der Waals surface area contributed by atoms with E-state index in [1.54, 1.807) is 30.3 Å². The van der Waals surface area contributed by atoms with E-state index in [2.05, 4.69) is 10.4 Å². The summed E-state index contributed by atoms with van der Waals surface area (Å²) in [5, 5.41) is 12.5. The van der Waals surface area contributed by atoms with Gasteiger partial charge in [-0.25, -0.2) is 18.2 Å². The van der Waals surface area contributed by atoms with Gasteiger partial charge >= 0.3 is 0 Å². The van der Waals surface area contributed by atoms with Crippen LogP contribution in [0.3, 0.4) is 0 Å². The highest BCUT2D eigenvalue weighted by Crippen LogP contribution is 2.25. The minimum atomic E-state index is -4.08. The molecule has 1 amide bonds. The number of carbonyl (C=O) groups excluding carboxylic acids is 1. The molecule has 0 saturated heterocycles. The van der Waals surface area contributed by atoms with Crippen LogP contribution in [-0.4, -0.2) is 31.2 Å². The lowest BCUT2D eigenvalue weighted by atomic mass is 10.1. The number of rotatable bonds is 6. The van der Waals surface area contributed by atoms with Crippen molar-refractivity contribution in [1.29, 1.82) is 0 Å². The summed E-state index contributed by atoms with van der Waals surface area (Å²) in [5.74, 6) is 0.111. The highest BCUT2D eigenvalue weighted by atomic mass is 35.5. The van der Waals surface area contributed by atoms with E-state index in [9.17, 15) is 13.2 Å². The summed E-state index contributed by atoms with van der Waals surface area (Å²) in [6, 6.07) is 11.3. The fourth-order valence-corrected chi connectivity index (χ4v) is 3.52. The van der Waals surface area contributed by atoms with Gasteiger partial charge in [-0.1, -0.05) is 29.8 Å². The molecule has 0 fully saturated rings. The van der Waals surface area contributed by atoms with Gasteiger partial charge in [-0.15, -0.1) is 0 Å². The Hall–Kier alpha value is -2.88. The van der Waals surface area contributed by atoms with E-state index in [4.69, 9.17) is 21.5 Å². The van der Waals surface area contributed by atoms with Crippen molar-refractivity contribution in [2.75, 3.05) is 12.4 Å². The lowest BCUT2D eigenvalue weighted by Crippen LogP contribution is -2.18. The van der Waals surface area contributed by atoms with Gasteiger partial charge in [-0.2, -0.15) is 5.10 Å². The van der Waals surface area contributed by atoms with Crippen LogP contribution in [0, 0.1) is 0 Å². The second kappa shape index (κ2) is 8.01. The van der Waals surface area contributed by atoms with Gasteiger partial charge in [-0.05, 0) is 29.8 Å². The first-order chi connectivity index (χ1) is 13.3. The van der Waals surface area contributed by atoms with E-state index in [0.29, 0.717) is 16.3 Å². The number of benzene rings is 2. The average molecular weight is 421 g/mol. The van der Waals surface area contributed by atoms with Crippen molar-refractivity contribution in [2.45, 2.75) is 11.3 Å². The quantitative estimate of drug-likeness (QED) is 0.635. The van der Waals surface area contributed by atoms with E-state index >= 15 is 0 Å². The molecule has 0 aliphatic carbocycles. The Labute approximate surface area is 166 Å². The highest BCUT2D eigenvalue weighted by Gasteiger charge is 2.18. The molecular weight excluding hydrogens is 404 g/mol. The zero-order chi connectivity index (χ0) is 20.3. The molecule has 1 heterocycles. The van der Waals surface area contributed by atoms with Gasteiger partial charge in [-0.3, -0.25) is 4.79 Å². The topological polar surface area (TPSA) is 116 Å². The molecule has 3 N–H and O–H groups in total. The molecule has 0 aliphatic rings. The lowest BCUT2D eigenvalue weighted by molar-refractivity contribution is -0.115. The van der Waals surface area contributed by atoms with E-state index < -0.39 is 10.0 Å². The normalized spacial score (nSPS) is 11.2. The molecule has 146 valence electrons. The van der Waals surface area contributed by atoms with Crippen molar-refractivity contribution >= 4 is 33.2 Å². The van der Waals surface area contributed by atoms with Gasteiger partial charge in [0.2, 0.25) is 15.9 Å². The molecule has 0 unspecified atom stereocenters. The number of carbonyl (C=O) groups is 1. The van der Waals surface area contributed by atoms with Crippen LogP contribution in [0.4, 0.5) is 5.69 Å². The number of primary sulfonamides is 1. The smallest absolute Gasteiger partial charge is 0.240 e. The summed E-state index contributed by atoms with van der Waals surface area (Å²) >= 11 is 6.06. The number of aromatic nitrogens is 2. The summed E-state index contributed by atoms with van der Waals surface area (Å²) < 4.78 is 30.5. The Morgan fingerprint density at radius 3 is 2.68 bits per heavy atom. The Morgan fingerprint density at radius 2 is 2.04 bits per heavy atom. The summed E-state index contributed by atoms with van der Waals surface area (Å²) in [6.45, 7) is 0. The van der Waals surface area contributed by atoms with Crippen LogP contribution in [0.5, 0.6) is 5.75 Å². The average Bonchev–Trinajstić information content (AvgIpc) is 3.12. The van der Waals surface area contributed by atoms with Crippen molar-refractivity contribution in [3.8, 4) is 11.4 Å². The number of amides is 1. The number of nitrogens with one attached hydrogen (secondary N) is 1. The fraction of sp³-hybridized carbons (Fsp3) is 0.111. The van der Waals surface area contributed by atoms with Crippen LogP contribution in [0.1, 0.15) is 5.56 Å². The van der Waals surface area contributed by atoms with Crippen molar-refractivity contribution < 1.29 is 17.9 Å². The third kappa shape index (κ3) is 4.50. The van der Waals surface area contributed by atoms with Gasteiger partial charge in [0.1, 0.15) is 4.90 Å². The molecule has 28 heavy (non-hydrogen) atoms. The number of methoxy groups -OCH3 is 1. The van der Waals surface area contributed by atoms with Crippen LogP contribution in [0.2, 0.25) is 5.02 Å². The van der Waals surface area contributed by atoms with Crippen LogP contribution in [-0.2, 0) is 21.2 Å². The Bertz CT molecular complexity index is 1130. The maximum absolute atomic E-state index is 12.3. The molecular formula is C18H17ClN4O4S. The summed E-state index contributed by atoms with van der Waals surface area (Å²) in [4.78, 5) is 12.1. The summed E-state index contributed by atoms with van der Waals surface area (Å²) in [7, 11) is -2.61. The van der Waals surface area contributed by atoms with Crippen molar-refractivity contribution in [3.63, 3.8) is 0 Å². The molecule has 0 radical (unpaired) electrons. The van der Waals surface area contributed by atoms with Crippen LogP contribution in [0.25, 0.3) is 5.69 Å². The molecule has 0 bridgehead atoms. The van der Waals surface area contributed by atoms with E-state index in [1.165, 1.54) is 36.3 Å². The van der Waals surface area contributed by atoms with Crippen LogP contribution >= 0.6 is 11.6 Å². The first-order valence-electron chi connectivity index (χ1n) is 8.07. The molecule has 3 rings (SSSR count). The maximum Gasteiger partial charge on any atom is 0.240 e. The van der Waals surface area contributed by atoms with Gasteiger partial charge in [0.05, 0.1) is 31.6 Å². The Balaban J connectivity index is 1.89. The summed E-state index contributed by atoms with van der Waals surface area (Å²) in [5.41, 5.74) is 1.17. The van der Waals surface area contributed by atoms with Gasteiger partial charge in [0.15, 0.2) is 5.75 Å². The minimum absolute atomic E-state index is 0.0441. The van der Waals surface area contributed by atoms with E-state index in [0.717, 1.165) is 0 Å². The minimum Gasteiger partial charge on any atom is -0.493 e. The zero-order valence-electron chi connectivity index (χ0n) is 14.8. The summed E-state index contributed by atoms with van der Waals surface area (Å²) in [6.07, 6.45) is 2.99.